The number of carbonyl (C=O) groups excluding carboxylic acids is 1. The van der Waals surface area contributed by atoms with Crippen molar-refractivity contribution in [2.24, 2.45) is 5.92 Å². The predicted molar refractivity (Wildman–Crippen MR) is 107 cm³/mol. The molecule has 1 N–H and O–H groups in total. The first-order chi connectivity index (χ1) is 13.5. The van der Waals surface area contributed by atoms with Crippen LogP contribution in [0, 0.1) is 5.92 Å². The number of carbonyl (C=O) groups is 1. The summed E-state index contributed by atoms with van der Waals surface area (Å²) in [6.07, 6.45) is 2.86. The first-order valence-electron chi connectivity index (χ1n) is 8.83. The van der Waals surface area contributed by atoms with Crippen molar-refractivity contribution in [3.05, 3.63) is 47.0 Å². The number of amides is 1. The van der Waals surface area contributed by atoms with E-state index in [4.69, 9.17) is 4.42 Å². The van der Waals surface area contributed by atoms with Gasteiger partial charge in [0.05, 0.1) is 23.0 Å². The Kier molecular flexibility index (Phi) is 5.63. The normalized spacial score (nSPS) is 18.2. The second-order valence-electron chi connectivity index (χ2n) is 6.47. The van der Waals surface area contributed by atoms with Gasteiger partial charge in [-0.25, -0.2) is 13.4 Å². The topological polar surface area (TPSA) is 92.5 Å². The van der Waals surface area contributed by atoms with Crippen molar-refractivity contribution >= 4 is 38.6 Å². The first-order valence-corrected chi connectivity index (χ1v) is 12.0. The number of hydrogen-bond donors (Lipinski definition) is 1. The van der Waals surface area contributed by atoms with E-state index in [9.17, 15) is 13.2 Å². The summed E-state index contributed by atoms with van der Waals surface area (Å²) in [5, 5.41) is 6.54. The van der Waals surface area contributed by atoms with Crippen LogP contribution in [0.4, 0.5) is 0 Å². The number of nitrogens with zero attached hydrogens (tertiary/aromatic N) is 2. The Bertz CT molecular complexity index is 1030. The number of nitrogens with one attached hydrogen (secondary N) is 1. The highest BCUT2D eigenvalue weighted by Gasteiger charge is 2.33. The van der Waals surface area contributed by atoms with Crippen molar-refractivity contribution in [2.45, 2.75) is 23.6 Å². The molecule has 10 heteroatoms. The fourth-order valence-electron chi connectivity index (χ4n) is 3.14. The lowest BCUT2D eigenvalue weighted by atomic mass is 9.99. The van der Waals surface area contributed by atoms with E-state index in [0.29, 0.717) is 35.2 Å². The molecule has 3 aromatic heterocycles. The molecule has 0 aliphatic carbocycles. The summed E-state index contributed by atoms with van der Waals surface area (Å²) in [5.74, 6) is 0.00374. The van der Waals surface area contributed by atoms with Crippen molar-refractivity contribution in [3.8, 4) is 10.8 Å². The minimum Gasteiger partial charge on any atom is -0.443 e. The average Bonchev–Trinajstić information content (AvgIpc) is 3.48. The zero-order valence-corrected chi connectivity index (χ0v) is 17.4. The van der Waals surface area contributed by atoms with Crippen LogP contribution in [0.5, 0.6) is 0 Å². The highest BCUT2D eigenvalue weighted by atomic mass is 32.2. The van der Waals surface area contributed by atoms with E-state index in [1.54, 1.807) is 17.5 Å². The third-order valence-electron chi connectivity index (χ3n) is 4.57. The number of piperidine rings is 1. The minimum absolute atomic E-state index is 0.160. The second-order valence-corrected chi connectivity index (χ2v) is 10.5. The summed E-state index contributed by atoms with van der Waals surface area (Å²) < 4.78 is 32.6. The number of thiophene rings is 2. The van der Waals surface area contributed by atoms with Crippen molar-refractivity contribution in [1.82, 2.24) is 14.6 Å². The molecule has 1 aliphatic heterocycles. The smallest absolute Gasteiger partial charge is 0.252 e. The van der Waals surface area contributed by atoms with Crippen molar-refractivity contribution < 1.29 is 17.6 Å². The van der Waals surface area contributed by atoms with Gasteiger partial charge in [-0.15, -0.1) is 22.7 Å². The lowest BCUT2D eigenvalue weighted by Gasteiger charge is -2.30. The molecule has 0 saturated carbocycles. The number of rotatable bonds is 6. The SMILES string of the molecule is O=C(NCc1coc(-c2cccs2)n1)C1CCCN(S(=O)(=O)c2cccs2)C1. The van der Waals surface area contributed by atoms with Crippen molar-refractivity contribution in [1.29, 1.82) is 0 Å². The second kappa shape index (κ2) is 8.16. The Morgan fingerprint density at radius 1 is 1.29 bits per heavy atom. The Labute approximate surface area is 171 Å². The molecule has 28 heavy (non-hydrogen) atoms. The Balaban J connectivity index is 1.36. The van der Waals surface area contributed by atoms with Crippen LogP contribution >= 0.6 is 22.7 Å². The van der Waals surface area contributed by atoms with Crippen molar-refractivity contribution in [3.63, 3.8) is 0 Å². The summed E-state index contributed by atoms with van der Waals surface area (Å²) in [7, 11) is -3.53. The third kappa shape index (κ3) is 4.04. The monoisotopic (exact) mass is 437 g/mol. The number of aromatic nitrogens is 1. The average molecular weight is 438 g/mol. The molecule has 1 saturated heterocycles. The molecule has 1 amide bonds. The maximum absolute atomic E-state index is 12.7. The zero-order chi connectivity index (χ0) is 19.6. The third-order valence-corrected chi connectivity index (χ3v) is 8.67. The molecule has 1 unspecified atom stereocenters. The van der Waals surface area contributed by atoms with Gasteiger partial charge in [-0.3, -0.25) is 4.79 Å². The van der Waals surface area contributed by atoms with Gasteiger partial charge >= 0.3 is 0 Å². The number of sulfonamides is 1. The van der Waals surface area contributed by atoms with Crippen LogP contribution in [0.15, 0.2) is 49.9 Å². The maximum atomic E-state index is 12.7. The molecule has 1 fully saturated rings. The van der Waals surface area contributed by atoms with E-state index in [-0.39, 0.29) is 24.9 Å². The van der Waals surface area contributed by atoms with Crippen LogP contribution in [0.3, 0.4) is 0 Å². The minimum atomic E-state index is -3.53. The fraction of sp³-hybridized carbons (Fsp3) is 0.333. The highest BCUT2D eigenvalue weighted by molar-refractivity contribution is 7.91. The van der Waals surface area contributed by atoms with Crippen LogP contribution < -0.4 is 5.32 Å². The van der Waals surface area contributed by atoms with Gasteiger partial charge in [0.15, 0.2) is 0 Å². The molecule has 7 nitrogen and oxygen atoms in total. The van der Waals surface area contributed by atoms with E-state index in [1.807, 2.05) is 17.5 Å². The van der Waals surface area contributed by atoms with Crippen LogP contribution in [0.25, 0.3) is 10.8 Å². The largest absolute Gasteiger partial charge is 0.443 e. The van der Waals surface area contributed by atoms with E-state index < -0.39 is 10.0 Å². The van der Waals surface area contributed by atoms with E-state index >= 15 is 0 Å². The van der Waals surface area contributed by atoms with Gasteiger partial charge in [-0.2, -0.15) is 4.31 Å². The van der Waals surface area contributed by atoms with E-state index in [2.05, 4.69) is 10.3 Å². The molecule has 148 valence electrons. The summed E-state index contributed by atoms with van der Waals surface area (Å²) in [5.41, 5.74) is 0.635. The molecule has 4 rings (SSSR count). The quantitative estimate of drug-likeness (QED) is 0.639. The molecule has 0 aromatic carbocycles. The lowest BCUT2D eigenvalue weighted by Crippen LogP contribution is -2.45. The van der Waals surface area contributed by atoms with Gasteiger partial charge in [-0.1, -0.05) is 12.1 Å². The van der Waals surface area contributed by atoms with Crippen molar-refractivity contribution in [2.75, 3.05) is 13.1 Å². The molecule has 0 spiro atoms. The summed E-state index contributed by atoms with van der Waals surface area (Å²) in [4.78, 5) is 17.9. The summed E-state index contributed by atoms with van der Waals surface area (Å²) in [6.45, 7) is 0.894. The molecule has 0 bridgehead atoms. The lowest BCUT2D eigenvalue weighted by molar-refractivity contribution is -0.126. The molecule has 0 radical (unpaired) electrons. The van der Waals surface area contributed by atoms with Crippen LogP contribution in [0.2, 0.25) is 0 Å². The maximum Gasteiger partial charge on any atom is 0.252 e. The number of hydrogen-bond acceptors (Lipinski definition) is 7. The molecule has 3 aromatic rings. The molecule has 1 aliphatic rings. The van der Waals surface area contributed by atoms with Gasteiger partial charge in [0, 0.05) is 13.1 Å². The standard InChI is InChI=1S/C18H19N3O4S3/c22-17(19-10-14-12-25-18(20-14)15-5-2-8-26-15)13-4-1-7-21(11-13)28(23,24)16-6-3-9-27-16/h2-3,5-6,8-9,12-13H,1,4,7,10-11H2,(H,19,22). The Morgan fingerprint density at radius 2 is 2.11 bits per heavy atom. The van der Waals surface area contributed by atoms with E-state index in [1.165, 1.54) is 33.2 Å². The molecule has 4 heterocycles. The molecular formula is C18H19N3O4S3. The Morgan fingerprint density at radius 3 is 2.86 bits per heavy atom. The fourth-order valence-corrected chi connectivity index (χ4v) is 6.46. The van der Waals surface area contributed by atoms with Gasteiger partial charge < -0.3 is 9.73 Å². The first kappa shape index (κ1) is 19.3. The van der Waals surface area contributed by atoms with Gasteiger partial charge in [0.25, 0.3) is 10.0 Å². The van der Waals surface area contributed by atoms with Crippen LogP contribution in [-0.4, -0.2) is 36.7 Å². The summed E-state index contributed by atoms with van der Waals surface area (Å²) >= 11 is 2.73. The summed E-state index contributed by atoms with van der Waals surface area (Å²) in [6, 6.07) is 7.15. The van der Waals surface area contributed by atoms with Gasteiger partial charge in [0.2, 0.25) is 11.8 Å². The molecule has 1 atom stereocenters. The van der Waals surface area contributed by atoms with Gasteiger partial charge in [-0.05, 0) is 35.7 Å². The van der Waals surface area contributed by atoms with Gasteiger partial charge in [0.1, 0.15) is 10.5 Å². The van der Waals surface area contributed by atoms with Crippen LogP contribution in [0.1, 0.15) is 18.5 Å². The van der Waals surface area contributed by atoms with E-state index in [0.717, 1.165) is 4.88 Å². The molecular weight excluding hydrogens is 418 g/mol. The number of oxazole rings is 1. The Hall–Kier alpha value is -2.01. The zero-order valence-electron chi connectivity index (χ0n) is 14.9. The predicted octanol–water partition coefficient (Wildman–Crippen LogP) is 3.18. The van der Waals surface area contributed by atoms with Crippen LogP contribution in [-0.2, 0) is 21.4 Å². The highest BCUT2D eigenvalue weighted by Crippen LogP contribution is 2.27.